The molecule has 2 saturated carbocycles. The third-order valence-corrected chi connectivity index (χ3v) is 6.72. The van der Waals surface area contributed by atoms with E-state index in [2.05, 4.69) is 42.7 Å². The highest BCUT2D eigenvalue weighted by Gasteiger charge is 2.66. The van der Waals surface area contributed by atoms with Gasteiger partial charge >= 0.3 is 0 Å². The van der Waals surface area contributed by atoms with Gasteiger partial charge in [0.15, 0.2) is 0 Å². The van der Waals surface area contributed by atoms with Gasteiger partial charge in [0, 0.05) is 5.92 Å². The lowest BCUT2D eigenvalue weighted by Gasteiger charge is -2.13. The number of carbonyl (C=O) groups excluding carboxylic acids is 2. The van der Waals surface area contributed by atoms with Crippen LogP contribution in [0.2, 0.25) is 0 Å². The molecule has 0 radical (unpaired) electrons. The van der Waals surface area contributed by atoms with E-state index in [1.165, 1.54) is 5.56 Å². The summed E-state index contributed by atoms with van der Waals surface area (Å²) in [7, 11) is 0. The number of hydrogen-bond acceptors (Lipinski definition) is 2. The summed E-state index contributed by atoms with van der Waals surface area (Å²) in [6, 6.07) is 9.98. The number of carbonyl (C=O) groups is 2. The van der Waals surface area contributed by atoms with E-state index < -0.39 is 5.41 Å². The van der Waals surface area contributed by atoms with Crippen LogP contribution in [0.5, 0.6) is 0 Å². The monoisotopic (exact) mass is 414 g/mol. The Morgan fingerprint density at radius 3 is 2.38 bits per heavy atom. The van der Waals surface area contributed by atoms with Crippen molar-refractivity contribution in [3.8, 4) is 0 Å². The molecule has 0 aromatic heterocycles. The summed E-state index contributed by atoms with van der Waals surface area (Å²) in [4.78, 5) is 24.1. The minimum atomic E-state index is -0.525. The topological polar surface area (TPSA) is 58.2 Å². The maximum absolute atomic E-state index is 12.1. The number of nitrogens with one attached hydrogen (secondary N) is 2. The van der Waals surface area contributed by atoms with E-state index in [0.29, 0.717) is 6.42 Å². The van der Waals surface area contributed by atoms with Crippen molar-refractivity contribution in [3.63, 3.8) is 0 Å². The van der Waals surface area contributed by atoms with E-state index >= 15 is 0 Å². The molecule has 0 bridgehead atoms. The Hall–Kier alpha value is -0.880. The lowest BCUT2D eigenvalue weighted by molar-refractivity contribution is -0.132. The van der Waals surface area contributed by atoms with Crippen molar-refractivity contribution in [2.75, 3.05) is 0 Å². The number of hydrazine groups is 1. The predicted octanol–water partition coefficient (Wildman–Crippen LogP) is 2.83. The van der Waals surface area contributed by atoms with Crippen LogP contribution in [0.1, 0.15) is 31.2 Å². The van der Waals surface area contributed by atoms with E-state index in [4.69, 9.17) is 0 Å². The highest BCUT2D eigenvalue weighted by atomic mass is 79.9. The van der Waals surface area contributed by atoms with Crippen LogP contribution < -0.4 is 10.9 Å². The van der Waals surface area contributed by atoms with E-state index in [-0.39, 0.29) is 26.9 Å². The summed E-state index contributed by atoms with van der Waals surface area (Å²) in [5, 5.41) is 0. The fourth-order valence-corrected chi connectivity index (χ4v) is 4.03. The molecule has 1 aromatic carbocycles. The van der Waals surface area contributed by atoms with Gasteiger partial charge in [-0.15, -0.1) is 0 Å². The highest BCUT2D eigenvalue weighted by Crippen LogP contribution is 2.66. The molecule has 0 spiro atoms. The first kappa shape index (κ1) is 15.0. The predicted molar refractivity (Wildman–Crippen MR) is 86.9 cm³/mol. The van der Waals surface area contributed by atoms with Gasteiger partial charge in [-0.2, -0.15) is 0 Å². The zero-order valence-electron chi connectivity index (χ0n) is 11.5. The lowest BCUT2D eigenvalue weighted by Crippen LogP contribution is -2.46. The molecule has 6 heteroatoms. The van der Waals surface area contributed by atoms with Gasteiger partial charge in [-0.3, -0.25) is 20.4 Å². The Morgan fingerprint density at radius 2 is 1.81 bits per heavy atom. The molecule has 4 nitrogen and oxygen atoms in total. The SMILES string of the molecule is C[C@@]1(C(=O)NNC(=O)[C@H]2C[C@@H]2c2ccccc2)CC1(Br)Br. The normalized spacial score (nSPS) is 32.1. The van der Waals surface area contributed by atoms with Gasteiger partial charge in [-0.05, 0) is 31.2 Å². The minimum absolute atomic E-state index is 0.0441. The fraction of sp³-hybridized carbons (Fsp3) is 0.467. The first-order valence-corrected chi connectivity index (χ1v) is 8.47. The van der Waals surface area contributed by atoms with Gasteiger partial charge in [-0.25, -0.2) is 0 Å². The van der Waals surface area contributed by atoms with Crippen LogP contribution in [0.25, 0.3) is 0 Å². The molecule has 3 atom stereocenters. The Morgan fingerprint density at radius 1 is 1.19 bits per heavy atom. The molecule has 2 N–H and O–H groups in total. The van der Waals surface area contributed by atoms with Gasteiger partial charge < -0.3 is 0 Å². The molecule has 0 unspecified atom stereocenters. The van der Waals surface area contributed by atoms with Crippen LogP contribution in [0.3, 0.4) is 0 Å². The molecule has 2 amide bonds. The minimum Gasteiger partial charge on any atom is -0.273 e. The molecule has 112 valence electrons. The Bertz CT molecular complexity index is 591. The number of alkyl halides is 2. The smallest absolute Gasteiger partial charge is 0.246 e. The fourth-order valence-electron chi connectivity index (χ4n) is 2.55. The van der Waals surface area contributed by atoms with Crippen LogP contribution in [-0.4, -0.2) is 15.0 Å². The van der Waals surface area contributed by atoms with Gasteiger partial charge in [0.05, 0.1) is 8.65 Å². The van der Waals surface area contributed by atoms with E-state index in [0.717, 1.165) is 6.42 Å². The molecular weight excluding hydrogens is 400 g/mol. The molecular formula is C15H16Br2N2O2. The number of halogens is 2. The van der Waals surface area contributed by atoms with Crippen molar-refractivity contribution >= 4 is 43.7 Å². The van der Waals surface area contributed by atoms with E-state index in [9.17, 15) is 9.59 Å². The molecule has 0 saturated heterocycles. The second-order valence-corrected chi connectivity index (χ2v) is 9.79. The average Bonchev–Trinajstić information content (AvgIpc) is 3.33. The second-order valence-electron chi connectivity index (χ2n) is 6.02. The number of benzene rings is 1. The Labute approximate surface area is 140 Å². The largest absolute Gasteiger partial charge is 0.273 e. The molecule has 2 aliphatic carbocycles. The van der Waals surface area contributed by atoms with Gasteiger partial charge in [0.1, 0.15) is 0 Å². The van der Waals surface area contributed by atoms with Crippen molar-refractivity contribution in [1.82, 2.24) is 10.9 Å². The third kappa shape index (κ3) is 2.75. The summed E-state index contributed by atoms with van der Waals surface area (Å²) in [5.41, 5.74) is 5.74. The first-order valence-electron chi connectivity index (χ1n) is 6.88. The Kier molecular flexibility index (Phi) is 3.64. The van der Waals surface area contributed by atoms with Crippen LogP contribution in [0.15, 0.2) is 30.3 Å². The molecule has 21 heavy (non-hydrogen) atoms. The summed E-state index contributed by atoms with van der Waals surface area (Å²) in [6.45, 7) is 1.85. The summed E-state index contributed by atoms with van der Waals surface area (Å²) in [5.74, 6) is -0.0684. The van der Waals surface area contributed by atoms with Gasteiger partial charge in [0.2, 0.25) is 11.8 Å². The number of amides is 2. The lowest BCUT2D eigenvalue weighted by atomic mass is 10.1. The van der Waals surface area contributed by atoms with Gasteiger partial charge in [0.25, 0.3) is 0 Å². The van der Waals surface area contributed by atoms with Crippen molar-refractivity contribution in [3.05, 3.63) is 35.9 Å². The standard InChI is InChI=1S/C15H16Br2N2O2/c1-14(8-15(14,16)17)13(21)19-18-12(20)11-7-10(11)9-5-3-2-4-6-9/h2-6,10-11H,7-8H2,1H3,(H,18,20)(H,19,21)/t10-,11+,14+/m1/s1. The molecule has 1 aromatic rings. The summed E-state index contributed by atoms with van der Waals surface area (Å²) < 4.78 is -0.353. The third-order valence-electron chi connectivity index (χ3n) is 4.41. The number of rotatable bonds is 3. The Balaban J connectivity index is 1.50. The number of hydrogen-bond donors (Lipinski definition) is 2. The van der Waals surface area contributed by atoms with Crippen LogP contribution in [0, 0.1) is 11.3 Å². The zero-order valence-corrected chi connectivity index (χ0v) is 14.7. The molecule has 3 rings (SSSR count). The maximum atomic E-state index is 12.1. The average molecular weight is 416 g/mol. The molecule has 2 fully saturated rings. The summed E-state index contributed by atoms with van der Waals surface area (Å²) in [6.07, 6.45) is 1.53. The van der Waals surface area contributed by atoms with Crippen LogP contribution in [0.4, 0.5) is 0 Å². The molecule has 0 heterocycles. The molecule has 2 aliphatic rings. The second kappa shape index (κ2) is 5.09. The zero-order chi connectivity index (χ0) is 15.3. The molecule has 0 aliphatic heterocycles. The van der Waals surface area contributed by atoms with Crippen LogP contribution in [-0.2, 0) is 9.59 Å². The van der Waals surface area contributed by atoms with E-state index in [1.54, 1.807) is 0 Å². The van der Waals surface area contributed by atoms with Crippen molar-refractivity contribution in [2.45, 2.75) is 28.9 Å². The first-order chi connectivity index (χ1) is 9.85. The summed E-state index contributed by atoms with van der Waals surface area (Å²) >= 11 is 6.88. The quantitative estimate of drug-likeness (QED) is 0.589. The maximum Gasteiger partial charge on any atom is 0.246 e. The van der Waals surface area contributed by atoms with Crippen molar-refractivity contribution < 1.29 is 9.59 Å². The van der Waals surface area contributed by atoms with Crippen LogP contribution >= 0.6 is 31.9 Å². The highest BCUT2D eigenvalue weighted by molar-refractivity contribution is 9.25. The van der Waals surface area contributed by atoms with Gasteiger partial charge in [-0.1, -0.05) is 62.2 Å². The van der Waals surface area contributed by atoms with Crippen molar-refractivity contribution in [1.29, 1.82) is 0 Å². The van der Waals surface area contributed by atoms with E-state index in [1.807, 2.05) is 37.3 Å². The van der Waals surface area contributed by atoms with Crippen molar-refractivity contribution in [2.24, 2.45) is 11.3 Å².